The number of likely N-dealkylation sites (N-methyl/N-ethyl adjacent to an activating group) is 2. The van der Waals surface area contributed by atoms with Crippen LogP contribution in [0.5, 0.6) is 0 Å². The van der Waals surface area contributed by atoms with Crippen LogP contribution in [0.3, 0.4) is 0 Å². The van der Waals surface area contributed by atoms with Gasteiger partial charge in [-0.05, 0) is 105 Å². The van der Waals surface area contributed by atoms with Gasteiger partial charge in [0.25, 0.3) is 0 Å². The van der Waals surface area contributed by atoms with Crippen LogP contribution in [-0.2, 0) is 33.3 Å². The third kappa shape index (κ3) is 10.2. The summed E-state index contributed by atoms with van der Waals surface area (Å²) in [5, 5.41) is 11.4. The summed E-state index contributed by atoms with van der Waals surface area (Å²) in [5.74, 6) is -0.850. The molecule has 274 valence electrons. The lowest BCUT2D eigenvalue weighted by atomic mass is 9.74. The average Bonchev–Trinajstić information content (AvgIpc) is 3.03. The molecule has 1 N–H and O–H groups in total. The van der Waals surface area contributed by atoms with E-state index >= 15 is 0 Å². The fraction of sp³-hybridized carbons (Fsp3) is 0.944. The van der Waals surface area contributed by atoms with E-state index in [0.29, 0.717) is 18.8 Å². The van der Waals surface area contributed by atoms with E-state index < -0.39 is 41.4 Å². The maximum absolute atomic E-state index is 14.3. The van der Waals surface area contributed by atoms with Crippen LogP contribution in [-0.4, -0.2) is 148 Å². The van der Waals surface area contributed by atoms with Crippen LogP contribution in [0.4, 0.5) is 0 Å². The Kier molecular flexibility index (Phi) is 15.1. The fourth-order valence-electron chi connectivity index (χ4n) is 8.13. The van der Waals surface area contributed by atoms with Gasteiger partial charge in [0.05, 0.1) is 24.4 Å². The zero-order valence-corrected chi connectivity index (χ0v) is 31.3. The second-order valence-corrected chi connectivity index (χ2v) is 15.6. The van der Waals surface area contributed by atoms with Crippen molar-refractivity contribution in [1.29, 1.82) is 0 Å². The molecule has 0 saturated carbocycles. The Morgan fingerprint density at radius 3 is 2.30 bits per heavy atom. The fourth-order valence-corrected chi connectivity index (χ4v) is 8.13. The molecule has 3 aliphatic rings. The van der Waals surface area contributed by atoms with Crippen molar-refractivity contribution in [2.45, 2.75) is 123 Å². The lowest BCUT2D eigenvalue weighted by molar-refractivity contribution is -0.295. The lowest BCUT2D eigenvalue weighted by Crippen LogP contribution is -2.59. The van der Waals surface area contributed by atoms with Crippen LogP contribution in [0.2, 0.25) is 0 Å². The molecule has 0 aromatic carbocycles. The minimum atomic E-state index is -1.41. The Labute approximate surface area is 284 Å². The van der Waals surface area contributed by atoms with Crippen molar-refractivity contribution in [3.8, 4) is 0 Å². The van der Waals surface area contributed by atoms with Gasteiger partial charge in [-0.25, -0.2) is 0 Å². The molecule has 0 amide bonds. The molecule has 3 saturated heterocycles. The molecule has 3 fully saturated rings. The number of cyclic esters (lactones) is 1. The highest BCUT2D eigenvalue weighted by atomic mass is 16.7. The summed E-state index contributed by atoms with van der Waals surface area (Å²) in [4.78, 5) is 34.9. The number of ketones is 1. The summed E-state index contributed by atoms with van der Waals surface area (Å²) in [7, 11) is 7.26. The van der Waals surface area contributed by atoms with Crippen molar-refractivity contribution >= 4 is 11.8 Å². The van der Waals surface area contributed by atoms with Gasteiger partial charge in [0.15, 0.2) is 12.1 Å². The van der Waals surface area contributed by atoms with Gasteiger partial charge in [0.1, 0.15) is 18.1 Å². The van der Waals surface area contributed by atoms with E-state index in [-0.39, 0.29) is 36.5 Å². The van der Waals surface area contributed by atoms with Crippen LogP contribution >= 0.6 is 0 Å². The largest absolute Gasteiger partial charge is 0.463 e. The normalized spacial score (nSPS) is 37.6. The minimum Gasteiger partial charge on any atom is -0.463 e. The minimum absolute atomic E-state index is 0.0436. The number of esters is 1. The predicted octanol–water partition coefficient (Wildman–Crippen LogP) is 3.46. The monoisotopic (exact) mass is 669 g/mol. The molecule has 9 atom stereocenters. The van der Waals surface area contributed by atoms with Crippen molar-refractivity contribution in [2.75, 3.05) is 74.3 Å². The summed E-state index contributed by atoms with van der Waals surface area (Å²) in [6.07, 6.45) is 1.58. The van der Waals surface area contributed by atoms with Crippen LogP contribution in [0, 0.1) is 23.2 Å². The van der Waals surface area contributed by atoms with Gasteiger partial charge >= 0.3 is 5.97 Å². The first-order valence-electron chi connectivity index (χ1n) is 17.9. The zero-order chi connectivity index (χ0) is 35.1. The van der Waals surface area contributed by atoms with Crippen LogP contribution in [0.1, 0.15) is 80.6 Å². The second kappa shape index (κ2) is 17.7. The third-order valence-electron chi connectivity index (χ3n) is 11.2. The number of likely N-dealkylation sites (tertiary alicyclic amines) is 1. The summed E-state index contributed by atoms with van der Waals surface area (Å²) >= 11 is 0. The molecule has 3 heterocycles. The van der Waals surface area contributed by atoms with E-state index in [0.717, 1.165) is 58.6 Å². The molecule has 0 aromatic rings. The van der Waals surface area contributed by atoms with Gasteiger partial charge in [-0.2, -0.15) is 0 Å². The Bertz CT molecular complexity index is 989. The van der Waals surface area contributed by atoms with Crippen LogP contribution in [0.25, 0.3) is 0 Å². The lowest BCUT2D eigenvalue weighted by Gasteiger charge is -2.47. The molecule has 0 spiro atoms. The Morgan fingerprint density at radius 1 is 1.06 bits per heavy atom. The number of piperidine rings is 1. The molecule has 3 rings (SSSR count). The molecular formula is C36H67N3O8. The van der Waals surface area contributed by atoms with Crippen LogP contribution in [0.15, 0.2) is 0 Å². The number of methoxy groups -OCH3 is 2. The van der Waals surface area contributed by atoms with Crippen molar-refractivity contribution in [1.82, 2.24) is 14.7 Å². The summed E-state index contributed by atoms with van der Waals surface area (Å²) in [6, 6.07) is -0.126. The SMILES string of the molecule is CCN1C[C@H](C)C[C@@](C)(OC)[C@H](O[C@@H]2O[C@H](C)C[C@H](N(C)C)[C@H]2O)[C@@H](C)C(=O)C(C)(C)C(=O)OC[C@H]1CC1CCN(CCOC)CC1. The standard InChI is InChI=1S/C36H67N3O8/c1-12-39-22-24(2)21-36(7,44-11)32(47-33-30(40)29(37(8)9)19-25(3)46-33)26(4)31(41)35(5,6)34(42)45-23-28(39)20-27-13-15-38(16-14-27)17-18-43-10/h24-30,32-33,40H,12-23H2,1-11H3/t24-,25-,26+,28-,29+,30-,32-,33+,36-/m1/s1. The van der Waals surface area contributed by atoms with E-state index in [9.17, 15) is 14.7 Å². The Hall–Kier alpha value is -1.18. The number of rotatable bonds is 10. The third-order valence-corrected chi connectivity index (χ3v) is 11.2. The highest BCUT2D eigenvalue weighted by Gasteiger charge is 2.51. The maximum atomic E-state index is 14.3. The number of hydrogen-bond donors (Lipinski definition) is 1. The first-order chi connectivity index (χ1) is 22.1. The van der Waals surface area contributed by atoms with Gasteiger partial charge in [0, 0.05) is 45.3 Å². The van der Waals surface area contributed by atoms with Crippen molar-refractivity contribution < 1.29 is 38.4 Å². The number of aliphatic hydroxyl groups is 1. The number of ether oxygens (including phenoxy) is 5. The molecular weight excluding hydrogens is 602 g/mol. The molecule has 11 nitrogen and oxygen atoms in total. The van der Waals surface area contributed by atoms with E-state index in [1.54, 1.807) is 35.0 Å². The molecule has 0 aromatic heterocycles. The Balaban J connectivity index is 1.91. The first kappa shape index (κ1) is 40.3. The molecule has 0 radical (unpaired) electrons. The van der Waals surface area contributed by atoms with Gasteiger partial charge < -0.3 is 38.6 Å². The predicted molar refractivity (Wildman–Crippen MR) is 182 cm³/mol. The average molecular weight is 670 g/mol. The molecule has 11 heteroatoms. The van der Waals surface area contributed by atoms with Crippen molar-refractivity contribution in [3.63, 3.8) is 0 Å². The van der Waals surface area contributed by atoms with Gasteiger partial charge in [0.2, 0.25) is 0 Å². The quantitative estimate of drug-likeness (QED) is 0.273. The molecule has 0 bridgehead atoms. The van der Waals surface area contributed by atoms with E-state index in [4.69, 9.17) is 23.7 Å². The van der Waals surface area contributed by atoms with Gasteiger partial charge in [-0.3, -0.25) is 14.5 Å². The maximum Gasteiger partial charge on any atom is 0.319 e. The van der Waals surface area contributed by atoms with E-state index in [1.165, 1.54) is 0 Å². The smallest absolute Gasteiger partial charge is 0.319 e. The van der Waals surface area contributed by atoms with Crippen LogP contribution < -0.4 is 0 Å². The molecule has 0 aliphatic carbocycles. The number of Topliss-reactive ketones (excluding diaryl/α,β-unsaturated/α-hetero) is 1. The number of aliphatic hydroxyl groups excluding tert-OH is 1. The van der Waals surface area contributed by atoms with Crippen molar-refractivity contribution in [3.05, 3.63) is 0 Å². The molecule has 3 aliphatic heterocycles. The number of nitrogens with zero attached hydrogens (tertiary/aromatic N) is 3. The highest BCUT2D eigenvalue weighted by molar-refractivity contribution is 6.04. The number of carbonyl (C=O) groups is 2. The zero-order valence-electron chi connectivity index (χ0n) is 31.3. The van der Waals surface area contributed by atoms with E-state index in [2.05, 4.69) is 23.6 Å². The number of hydrogen-bond acceptors (Lipinski definition) is 11. The van der Waals surface area contributed by atoms with Gasteiger partial charge in [-0.15, -0.1) is 0 Å². The summed E-state index contributed by atoms with van der Waals surface area (Å²) in [6.45, 7) is 19.0. The highest BCUT2D eigenvalue weighted by Crippen LogP contribution is 2.38. The Morgan fingerprint density at radius 2 is 1.72 bits per heavy atom. The summed E-state index contributed by atoms with van der Waals surface area (Å²) in [5.41, 5.74) is -2.32. The molecule has 47 heavy (non-hydrogen) atoms. The number of carbonyl (C=O) groups excluding carboxylic acids is 2. The molecule has 0 unspecified atom stereocenters. The van der Waals surface area contributed by atoms with E-state index in [1.807, 2.05) is 32.8 Å². The second-order valence-electron chi connectivity index (χ2n) is 15.6. The van der Waals surface area contributed by atoms with Gasteiger partial charge in [-0.1, -0.05) is 20.8 Å². The first-order valence-corrected chi connectivity index (χ1v) is 17.9. The summed E-state index contributed by atoms with van der Waals surface area (Å²) < 4.78 is 30.5. The van der Waals surface area contributed by atoms with Crippen molar-refractivity contribution in [2.24, 2.45) is 23.2 Å². The topological polar surface area (TPSA) is 110 Å².